The minimum absolute atomic E-state index is 0.829. The van der Waals surface area contributed by atoms with Crippen LogP contribution >= 0.6 is 0 Å². The maximum Gasteiger partial charge on any atom is -0.0262 e. The lowest BCUT2D eigenvalue weighted by Gasteiger charge is -2.05. The van der Waals surface area contributed by atoms with E-state index in [1.165, 1.54) is 19.3 Å². The molecule has 0 spiro atoms. The van der Waals surface area contributed by atoms with Crippen molar-refractivity contribution in [1.29, 1.82) is 0 Å². The maximum atomic E-state index is 2.35. The Balaban J connectivity index is 2.39. The molecule has 0 aromatic rings. The van der Waals surface area contributed by atoms with Crippen molar-refractivity contribution in [3.05, 3.63) is 12.2 Å². The summed E-state index contributed by atoms with van der Waals surface area (Å²) in [7, 11) is 0. The van der Waals surface area contributed by atoms with E-state index >= 15 is 0 Å². The van der Waals surface area contributed by atoms with Gasteiger partial charge in [0.2, 0.25) is 0 Å². The maximum absolute atomic E-state index is 2.35. The van der Waals surface area contributed by atoms with E-state index in [1.807, 2.05) is 0 Å². The molecule has 0 bridgehead atoms. The molecular weight excluding hydrogens is 108 g/mol. The van der Waals surface area contributed by atoms with E-state index in [0.29, 0.717) is 0 Å². The number of hydrogen-bond donors (Lipinski definition) is 0. The van der Waals surface area contributed by atoms with Crippen LogP contribution in [0.1, 0.15) is 33.1 Å². The van der Waals surface area contributed by atoms with Crippen LogP contribution in [-0.2, 0) is 0 Å². The van der Waals surface area contributed by atoms with Gasteiger partial charge in [-0.1, -0.05) is 26.0 Å². The zero-order valence-electron chi connectivity index (χ0n) is 6.43. The van der Waals surface area contributed by atoms with Crippen LogP contribution < -0.4 is 0 Å². The summed E-state index contributed by atoms with van der Waals surface area (Å²) in [6, 6.07) is 0. The monoisotopic (exact) mass is 124 g/mol. The molecule has 0 N–H and O–H groups in total. The highest BCUT2D eigenvalue weighted by Gasteiger charge is 2.06. The van der Waals surface area contributed by atoms with Crippen LogP contribution in [0.3, 0.4) is 0 Å². The third kappa shape index (κ3) is 2.21. The Morgan fingerprint density at radius 3 is 2.78 bits per heavy atom. The Morgan fingerprint density at radius 2 is 2.00 bits per heavy atom. The third-order valence-electron chi connectivity index (χ3n) is 2.12. The van der Waals surface area contributed by atoms with Gasteiger partial charge in [0.25, 0.3) is 0 Å². The van der Waals surface area contributed by atoms with Gasteiger partial charge in [0.1, 0.15) is 0 Å². The number of rotatable bonds is 0. The average Bonchev–Trinajstić information content (AvgIpc) is 1.97. The average molecular weight is 124 g/mol. The minimum Gasteiger partial charge on any atom is -0.0880 e. The van der Waals surface area contributed by atoms with Crippen molar-refractivity contribution in [2.75, 3.05) is 0 Å². The van der Waals surface area contributed by atoms with E-state index in [-0.39, 0.29) is 0 Å². The molecule has 0 fully saturated rings. The van der Waals surface area contributed by atoms with Crippen LogP contribution in [0.4, 0.5) is 0 Å². The van der Waals surface area contributed by atoms with Crippen molar-refractivity contribution in [2.45, 2.75) is 33.1 Å². The van der Waals surface area contributed by atoms with Crippen LogP contribution in [0.2, 0.25) is 0 Å². The fraction of sp³-hybridized carbons (Fsp3) is 0.778. The molecule has 0 amide bonds. The van der Waals surface area contributed by atoms with Crippen LogP contribution in [0, 0.1) is 11.8 Å². The topological polar surface area (TPSA) is 0 Å². The number of hydrogen-bond acceptors (Lipinski definition) is 0. The molecule has 9 heavy (non-hydrogen) atoms. The van der Waals surface area contributed by atoms with Gasteiger partial charge < -0.3 is 0 Å². The summed E-state index contributed by atoms with van der Waals surface area (Å²) in [5, 5.41) is 0. The first-order chi connectivity index (χ1) is 4.29. The van der Waals surface area contributed by atoms with Gasteiger partial charge in [-0.3, -0.25) is 0 Å². The quantitative estimate of drug-likeness (QED) is 0.435. The summed E-state index contributed by atoms with van der Waals surface area (Å²) >= 11 is 0. The Morgan fingerprint density at radius 1 is 1.22 bits per heavy atom. The van der Waals surface area contributed by atoms with Crippen LogP contribution in [0.25, 0.3) is 0 Å². The zero-order valence-corrected chi connectivity index (χ0v) is 6.43. The van der Waals surface area contributed by atoms with Gasteiger partial charge in [-0.05, 0) is 31.1 Å². The van der Waals surface area contributed by atoms with Gasteiger partial charge in [0.05, 0.1) is 0 Å². The van der Waals surface area contributed by atoms with E-state index in [1.54, 1.807) is 0 Å². The van der Waals surface area contributed by atoms with Gasteiger partial charge in [0, 0.05) is 0 Å². The standard InChI is InChI=1S/C9H16/c1-8-4-3-5-9(2)7-6-8/h3-4,8-9H,5-7H2,1-2H3/t8-,9-/m1/s1. The highest BCUT2D eigenvalue weighted by atomic mass is 14.1. The van der Waals surface area contributed by atoms with E-state index in [4.69, 9.17) is 0 Å². The molecule has 1 aliphatic carbocycles. The molecule has 2 atom stereocenters. The second-order valence-electron chi connectivity index (χ2n) is 3.32. The van der Waals surface area contributed by atoms with Gasteiger partial charge in [0.15, 0.2) is 0 Å². The molecule has 0 saturated carbocycles. The summed E-state index contributed by atoms with van der Waals surface area (Å²) in [5.41, 5.74) is 0. The first kappa shape index (κ1) is 6.85. The number of allylic oxidation sites excluding steroid dienone is 2. The molecule has 0 aliphatic heterocycles. The fourth-order valence-electron chi connectivity index (χ4n) is 1.30. The lowest BCUT2D eigenvalue weighted by Crippen LogP contribution is -1.92. The summed E-state index contributed by atoms with van der Waals surface area (Å²) in [4.78, 5) is 0. The fourth-order valence-corrected chi connectivity index (χ4v) is 1.30. The molecule has 0 aromatic heterocycles. The van der Waals surface area contributed by atoms with E-state index in [9.17, 15) is 0 Å². The SMILES string of the molecule is C[C@@H]1CC=C[C@@H](C)CC1. The third-order valence-corrected chi connectivity index (χ3v) is 2.12. The van der Waals surface area contributed by atoms with Crippen molar-refractivity contribution in [3.8, 4) is 0 Å². The van der Waals surface area contributed by atoms with Crippen molar-refractivity contribution in [1.82, 2.24) is 0 Å². The normalized spacial score (nSPS) is 36.2. The van der Waals surface area contributed by atoms with Crippen LogP contribution in [0.15, 0.2) is 12.2 Å². The first-order valence-electron chi connectivity index (χ1n) is 3.95. The molecule has 1 aliphatic rings. The molecule has 52 valence electrons. The van der Waals surface area contributed by atoms with Crippen LogP contribution in [-0.4, -0.2) is 0 Å². The largest absolute Gasteiger partial charge is 0.0880 e. The predicted molar refractivity (Wildman–Crippen MR) is 41.3 cm³/mol. The van der Waals surface area contributed by atoms with E-state index in [0.717, 1.165) is 11.8 Å². The first-order valence-corrected chi connectivity index (χ1v) is 3.95. The Kier molecular flexibility index (Phi) is 2.32. The van der Waals surface area contributed by atoms with Crippen molar-refractivity contribution in [2.24, 2.45) is 11.8 Å². The molecule has 1 rings (SSSR count). The smallest absolute Gasteiger partial charge is 0.0262 e. The highest BCUT2D eigenvalue weighted by molar-refractivity contribution is 4.90. The molecule has 0 heteroatoms. The lowest BCUT2D eigenvalue weighted by molar-refractivity contribution is 0.493. The molecule has 0 unspecified atom stereocenters. The molecule has 0 saturated heterocycles. The molecule has 0 nitrogen and oxygen atoms in total. The predicted octanol–water partition coefficient (Wildman–Crippen LogP) is 3.00. The van der Waals surface area contributed by atoms with Gasteiger partial charge >= 0.3 is 0 Å². The summed E-state index contributed by atoms with van der Waals surface area (Å²) in [6.45, 7) is 4.64. The molecular formula is C9H16. The van der Waals surface area contributed by atoms with E-state index in [2.05, 4.69) is 26.0 Å². The van der Waals surface area contributed by atoms with Crippen molar-refractivity contribution in [3.63, 3.8) is 0 Å². The highest BCUT2D eigenvalue weighted by Crippen LogP contribution is 2.20. The van der Waals surface area contributed by atoms with E-state index < -0.39 is 0 Å². The second kappa shape index (κ2) is 3.05. The van der Waals surface area contributed by atoms with Crippen LogP contribution in [0.5, 0.6) is 0 Å². The Labute approximate surface area is 58.0 Å². The second-order valence-corrected chi connectivity index (χ2v) is 3.32. The van der Waals surface area contributed by atoms with Gasteiger partial charge in [-0.2, -0.15) is 0 Å². The molecule has 0 radical (unpaired) electrons. The Bertz CT molecular complexity index is 103. The summed E-state index contributed by atoms with van der Waals surface area (Å²) in [6.07, 6.45) is 8.78. The van der Waals surface area contributed by atoms with Crippen molar-refractivity contribution < 1.29 is 0 Å². The van der Waals surface area contributed by atoms with Crippen molar-refractivity contribution >= 4 is 0 Å². The summed E-state index contributed by atoms with van der Waals surface area (Å²) in [5.74, 6) is 1.75. The lowest BCUT2D eigenvalue weighted by atomic mass is 10.0. The van der Waals surface area contributed by atoms with Gasteiger partial charge in [-0.15, -0.1) is 0 Å². The summed E-state index contributed by atoms with van der Waals surface area (Å²) < 4.78 is 0. The Hall–Kier alpha value is -0.260. The molecule has 0 aromatic carbocycles. The molecule has 0 heterocycles. The zero-order chi connectivity index (χ0) is 6.69. The van der Waals surface area contributed by atoms with Gasteiger partial charge in [-0.25, -0.2) is 0 Å². The minimum atomic E-state index is 0.829.